The molecular weight excluding hydrogens is 438 g/mol. The SMILES string of the molecule is c1ccc(-c2cccc3sc4ccc(Nc5cccc6c5sc5ccccc56)cc4c23)cc1. The van der Waals surface area contributed by atoms with Crippen LogP contribution in [-0.2, 0) is 0 Å². The van der Waals surface area contributed by atoms with Crippen LogP contribution in [0.3, 0.4) is 0 Å². The van der Waals surface area contributed by atoms with Gasteiger partial charge in [0.2, 0.25) is 0 Å². The first kappa shape index (κ1) is 18.9. The monoisotopic (exact) mass is 457 g/mol. The van der Waals surface area contributed by atoms with E-state index in [9.17, 15) is 0 Å². The van der Waals surface area contributed by atoms with E-state index >= 15 is 0 Å². The Bertz CT molecular complexity index is 1790. The fraction of sp³-hybridized carbons (Fsp3) is 0. The number of anilines is 2. The molecule has 7 rings (SSSR count). The molecule has 0 aliphatic rings. The van der Waals surface area contributed by atoms with Crippen molar-refractivity contribution in [2.24, 2.45) is 0 Å². The van der Waals surface area contributed by atoms with E-state index in [1.807, 2.05) is 22.7 Å². The lowest BCUT2D eigenvalue weighted by Gasteiger charge is -2.09. The summed E-state index contributed by atoms with van der Waals surface area (Å²) in [7, 11) is 0. The predicted octanol–water partition coefficient (Wildman–Crippen LogP) is 9.83. The van der Waals surface area contributed by atoms with Crippen LogP contribution in [0.25, 0.3) is 51.5 Å². The molecule has 2 heterocycles. The Kier molecular flexibility index (Phi) is 4.26. The first-order valence-corrected chi connectivity index (χ1v) is 12.7. The summed E-state index contributed by atoms with van der Waals surface area (Å²) in [5.41, 5.74) is 4.84. The third-order valence-electron chi connectivity index (χ3n) is 6.26. The predicted molar refractivity (Wildman–Crippen MR) is 147 cm³/mol. The van der Waals surface area contributed by atoms with E-state index in [1.54, 1.807) is 0 Å². The normalized spacial score (nSPS) is 11.6. The molecule has 5 aromatic carbocycles. The highest BCUT2D eigenvalue weighted by Crippen LogP contribution is 2.42. The van der Waals surface area contributed by atoms with E-state index in [0.29, 0.717) is 0 Å². The van der Waals surface area contributed by atoms with Crippen molar-refractivity contribution < 1.29 is 0 Å². The summed E-state index contributed by atoms with van der Waals surface area (Å²) >= 11 is 3.72. The van der Waals surface area contributed by atoms with Crippen LogP contribution in [0.2, 0.25) is 0 Å². The Morgan fingerprint density at radius 1 is 0.515 bits per heavy atom. The van der Waals surface area contributed by atoms with E-state index < -0.39 is 0 Å². The van der Waals surface area contributed by atoms with Gasteiger partial charge in [-0.3, -0.25) is 0 Å². The third-order valence-corrected chi connectivity index (χ3v) is 8.62. The van der Waals surface area contributed by atoms with Crippen molar-refractivity contribution >= 4 is 74.4 Å². The molecule has 0 spiro atoms. The third kappa shape index (κ3) is 3.05. The molecule has 0 atom stereocenters. The number of hydrogen-bond acceptors (Lipinski definition) is 3. The van der Waals surface area contributed by atoms with Gasteiger partial charge in [-0.15, -0.1) is 22.7 Å². The van der Waals surface area contributed by atoms with Gasteiger partial charge in [0.1, 0.15) is 0 Å². The van der Waals surface area contributed by atoms with Gasteiger partial charge in [0.05, 0.1) is 10.4 Å². The zero-order chi connectivity index (χ0) is 21.8. The average molecular weight is 458 g/mol. The van der Waals surface area contributed by atoms with Gasteiger partial charge < -0.3 is 5.32 Å². The fourth-order valence-electron chi connectivity index (χ4n) is 4.76. The number of rotatable bonds is 3. The smallest absolute Gasteiger partial charge is 0.0590 e. The lowest BCUT2D eigenvalue weighted by molar-refractivity contribution is 1.63. The number of hydrogen-bond donors (Lipinski definition) is 1. The Balaban J connectivity index is 1.40. The molecule has 0 aliphatic heterocycles. The molecule has 1 N–H and O–H groups in total. The van der Waals surface area contributed by atoms with Gasteiger partial charge in [-0.05, 0) is 47.5 Å². The summed E-state index contributed by atoms with van der Waals surface area (Å²) in [4.78, 5) is 0. The van der Waals surface area contributed by atoms with E-state index in [-0.39, 0.29) is 0 Å². The van der Waals surface area contributed by atoms with Crippen molar-refractivity contribution in [3.8, 4) is 11.1 Å². The maximum atomic E-state index is 3.73. The van der Waals surface area contributed by atoms with Crippen molar-refractivity contribution in [2.45, 2.75) is 0 Å². The second-order valence-corrected chi connectivity index (χ2v) is 10.4. The second kappa shape index (κ2) is 7.45. The Hall–Kier alpha value is -3.66. The first-order chi connectivity index (χ1) is 16.3. The van der Waals surface area contributed by atoms with Crippen LogP contribution in [0, 0.1) is 0 Å². The molecule has 156 valence electrons. The van der Waals surface area contributed by atoms with Gasteiger partial charge in [-0.25, -0.2) is 0 Å². The van der Waals surface area contributed by atoms with Crippen molar-refractivity contribution in [3.63, 3.8) is 0 Å². The summed E-state index contributed by atoms with van der Waals surface area (Å²) < 4.78 is 5.28. The van der Waals surface area contributed by atoms with Crippen molar-refractivity contribution in [1.29, 1.82) is 0 Å². The molecule has 0 fully saturated rings. The van der Waals surface area contributed by atoms with Crippen LogP contribution in [0.1, 0.15) is 0 Å². The quantitative estimate of drug-likeness (QED) is 0.278. The largest absolute Gasteiger partial charge is 0.354 e. The molecule has 2 aromatic heterocycles. The van der Waals surface area contributed by atoms with Crippen molar-refractivity contribution in [2.75, 3.05) is 5.32 Å². The average Bonchev–Trinajstić information content (AvgIpc) is 3.43. The van der Waals surface area contributed by atoms with Gasteiger partial charge >= 0.3 is 0 Å². The molecule has 3 heteroatoms. The van der Waals surface area contributed by atoms with E-state index in [4.69, 9.17) is 0 Å². The van der Waals surface area contributed by atoms with Gasteiger partial charge in [0.15, 0.2) is 0 Å². The minimum Gasteiger partial charge on any atom is -0.354 e. The number of thiophene rings is 2. The highest BCUT2D eigenvalue weighted by molar-refractivity contribution is 7.26. The summed E-state index contributed by atoms with van der Waals surface area (Å²) in [6.45, 7) is 0. The van der Waals surface area contributed by atoms with Crippen LogP contribution in [0.5, 0.6) is 0 Å². The molecular formula is C30H19NS2. The maximum Gasteiger partial charge on any atom is 0.0590 e. The molecule has 0 amide bonds. The summed E-state index contributed by atoms with van der Waals surface area (Å²) in [5.74, 6) is 0. The Morgan fingerprint density at radius 3 is 2.21 bits per heavy atom. The summed E-state index contributed by atoms with van der Waals surface area (Å²) in [6.07, 6.45) is 0. The van der Waals surface area contributed by atoms with Crippen LogP contribution in [0.15, 0.2) is 109 Å². The molecule has 0 radical (unpaired) electrons. The number of fused-ring (bicyclic) bond motifs is 6. The minimum absolute atomic E-state index is 1.12. The van der Waals surface area contributed by atoms with Gasteiger partial charge in [0, 0.05) is 41.3 Å². The minimum atomic E-state index is 1.12. The van der Waals surface area contributed by atoms with Crippen LogP contribution in [0.4, 0.5) is 11.4 Å². The summed E-state index contributed by atoms with van der Waals surface area (Å²) in [6, 6.07) is 39.3. The van der Waals surface area contributed by atoms with Crippen LogP contribution in [-0.4, -0.2) is 0 Å². The fourth-order valence-corrected chi connectivity index (χ4v) is 7.05. The van der Waals surface area contributed by atoms with Crippen LogP contribution >= 0.6 is 22.7 Å². The molecule has 0 unspecified atom stereocenters. The summed E-state index contributed by atoms with van der Waals surface area (Å²) in [5, 5.41) is 9.02. The molecule has 0 saturated carbocycles. The Morgan fingerprint density at radius 2 is 1.27 bits per heavy atom. The number of nitrogens with one attached hydrogen (secondary N) is 1. The second-order valence-electron chi connectivity index (χ2n) is 8.26. The molecule has 1 nitrogen and oxygen atoms in total. The Labute approximate surface area is 199 Å². The zero-order valence-electron chi connectivity index (χ0n) is 17.7. The molecule has 0 aliphatic carbocycles. The van der Waals surface area contributed by atoms with Gasteiger partial charge in [-0.1, -0.05) is 72.8 Å². The zero-order valence-corrected chi connectivity index (χ0v) is 19.3. The lowest BCUT2D eigenvalue weighted by atomic mass is 9.99. The van der Waals surface area contributed by atoms with Gasteiger partial charge in [-0.2, -0.15) is 0 Å². The van der Waals surface area contributed by atoms with Crippen molar-refractivity contribution in [3.05, 3.63) is 109 Å². The number of benzene rings is 5. The molecule has 7 aromatic rings. The van der Waals surface area contributed by atoms with E-state index in [2.05, 4.69) is 115 Å². The van der Waals surface area contributed by atoms with Crippen LogP contribution < -0.4 is 5.32 Å². The van der Waals surface area contributed by atoms with E-state index in [1.165, 1.54) is 51.5 Å². The maximum absolute atomic E-state index is 3.73. The molecule has 33 heavy (non-hydrogen) atoms. The first-order valence-electron chi connectivity index (χ1n) is 11.0. The molecule has 0 saturated heterocycles. The van der Waals surface area contributed by atoms with Crippen molar-refractivity contribution in [1.82, 2.24) is 0 Å². The molecule has 0 bridgehead atoms. The topological polar surface area (TPSA) is 12.0 Å². The van der Waals surface area contributed by atoms with E-state index in [0.717, 1.165) is 11.4 Å². The lowest BCUT2D eigenvalue weighted by Crippen LogP contribution is -1.90. The standard InChI is InChI=1S/C30H19NS2/c1-2-8-19(9-3-1)21-11-7-15-28-29(21)24-18-20(16-17-27(24)32-28)31-25-13-6-12-23-22-10-4-5-14-26(22)33-30(23)25/h1-18,31H. The highest BCUT2D eigenvalue weighted by atomic mass is 32.1. The highest BCUT2D eigenvalue weighted by Gasteiger charge is 2.13. The van der Waals surface area contributed by atoms with Gasteiger partial charge in [0.25, 0.3) is 0 Å².